The standard InChI is InChI=1S/C13H23N5O6S2/c1-5(16-11(21)6(14)3-25)10(20)18-8(4-26)12(22)17-7(13(23)24)2-9(15)19/h5-8,25-26H,2-4,14H2,1H3,(H2,15,19)(H,16,21)(H,17,22)(H,18,20)(H,23,24). The Balaban J connectivity index is 4.83. The second-order valence-corrected chi connectivity index (χ2v) is 6.06. The number of hydrogen-bond donors (Lipinski definition) is 8. The number of carboxylic acids is 1. The topological polar surface area (TPSA) is 194 Å². The van der Waals surface area contributed by atoms with Gasteiger partial charge in [-0.15, -0.1) is 0 Å². The highest BCUT2D eigenvalue weighted by Crippen LogP contribution is 1.97. The van der Waals surface area contributed by atoms with Gasteiger partial charge in [-0.05, 0) is 6.92 Å². The summed E-state index contributed by atoms with van der Waals surface area (Å²) in [6, 6.07) is -4.64. The number of nitrogens with one attached hydrogen (secondary N) is 3. The third kappa shape index (κ3) is 8.40. The fourth-order valence-corrected chi connectivity index (χ4v) is 2.06. The lowest BCUT2D eigenvalue weighted by atomic mass is 10.1. The van der Waals surface area contributed by atoms with Crippen LogP contribution >= 0.6 is 25.3 Å². The van der Waals surface area contributed by atoms with Crippen LogP contribution in [0.25, 0.3) is 0 Å². The molecule has 0 rings (SSSR count). The van der Waals surface area contributed by atoms with Crippen LogP contribution in [-0.4, -0.2) is 70.4 Å². The van der Waals surface area contributed by atoms with Crippen molar-refractivity contribution in [3.63, 3.8) is 0 Å². The highest BCUT2D eigenvalue weighted by molar-refractivity contribution is 7.80. The van der Waals surface area contributed by atoms with Crippen LogP contribution < -0.4 is 27.4 Å². The van der Waals surface area contributed by atoms with Crippen molar-refractivity contribution in [3.8, 4) is 0 Å². The van der Waals surface area contributed by atoms with Crippen LogP contribution in [0.15, 0.2) is 0 Å². The fraction of sp³-hybridized carbons (Fsp3) is 0.615. The molecule has 0 fully saturated rings. The van der Waals surface area contributed by atoms with E-state index in [1.165, 1.54) is 6.92 Å². The van der Waals surface area contributed by atoms with E-state index in [1.807, 2.05) is 0 Å². The second-order valence-electron chi connectivity index (χ2n) is 5.33. The average molecular weight is 409 g/mol. The first-order valence-corrected chi connectivity index (χ1v) is 8.69. The van der Waals surface area contributed by atoms with Crippen LogP contribution in [0.4, 0.5) is 0 Å². The molecule has 4 atom stereocenters. The van der Waals surface area contributed by atoms with Crippen LogP contribution in [-0.2, 0) is 24.0 Å². The molecule has 0 spiro atoms. The van der Waals surface area contributed by atoms with E-state index in [-0.39, 0.29) is 11.5 Å². The van der Waals surface area contributed by atoms with Gasteiger partial charge in [0.25, 0.3) is 0 Å². The molecule has 0 aromatic rings. The molecule has 0 aliphatic carbocycles. The lowest BCUT2D eigenvalue weighted by Crippen LogP contribution is -2.57. The molecule has 0 radical (unpaired) electrons. The minimum atomic E-state index is -1.54. The number of nitrogens with two attached hydrogens (primary N) is 2. The molecule has 0 heterocycles. The SMILES string of the molecule is CC(NC(=O)C(N)CS)C(=O)NC(CS)C(=O)NC(CC(N)=O)C(=O)O. The van der Waals surface area contributed by atoms with Gasteiger partial charge < -0.3 is 32.5 Å². The maximum absolute atomic E-state index is 12.1. The van der Waals surface area contributed by atoms with E-state index in [0.717, 1.165) is 0 Å². The maximum atomic E-state index is 12.1. The lowest BCUT2D eigenvalue weighted by molar-refractivity contribution is -0.143. The summed E-state index contributed by atoms with van der Waals surface area (Å²) >= 11 is 7.80. The van der Waals surface area contributed by atoms with Gasteiger partial charge >= 0.3 is 5.97 Å². The molecule has 0 bridgehead atoms. The van der Waals surface area contributed by atoms with Gasteiger partial charge in [-0.3, -0.25) is 19.2 Å². The van der Waals surface area contributed by atoms with Gasteiger partial charge in [0.05, 0.1) is 12.5 Å². The number of carboxylic acid groups (broad SMARTS) is 1. The first-order chi connectivity index (χ1) is 12.0. The van der Waals surface area contributed by atoms with Gasteiger partial charge in [0.2, 0.25) is 23.6 Å². The zero-order chi connectivity index (χ0) is 20.4. The second kappa shape index (κ2) is 11.6. The molecule has 4 unspecified atom stereocenters. The molecule has 0 saturated carbocycles. The van der Waals surface area contributed by atoms with Crippen molar-refractivity contribution in [2.75, 3.05) is 11.5 Å². The lowest BCUT2D eigenvalue weighted by Gasteiger charge is -2.22. The van der Waals surface area contributed by atoms with Crippen LogP contribution in [0.2, 0.25) is 0 Å². The van der Waals surface area contributed by atoms with Gasteiger partial charge in [-0.1, -0.05) is 0 Å². The summed E-state index contributed by atoms with van der Waals surface area (Å²) in [6.07, 6.45) is -0.609. The molecule has 11 nitrogen and oxygen atoms in total. The molecular weight excluding hydrogens is 386 g/mol. The van der Waals surface area contributed by atoms with E-state index >= 15 is 0 Å². The zero-order valence-corrected chi connectivity index (χ0v) is 15.8. The Hall–Kier alpha value is -1.99. The summed E-state index contributed by atoms with van der Waals surface area (Å²) < 4.78 is 0. The van der Waals surface area contributed by atoms with E-state index in [2.05, 4.69) is 41.2 Å². The number of rotatable bonds is 11. The Morgan fingerprint density at radius 1 is 0.923 bits per heavy atom. The number of carbonyl (C=O) groups is 5. The largest absolute Gasteiger partial charge is 0.480 e. The Kier molecular flexibility index (Phi) is 10.7. The van der Waals surface area contributed by atoms with Gasteiger partial charge in [0.15, 0.2) is 0 Å². The minimum absolute atomic E-state index is 0.0816. The number of hydrogen-bond acceptors (Lipinski definition) is 8. The molecule has 4 amide bonds. The highest BCUT2D eigenvalue weighted by Gasteiger charge is 2.28. The third-order valence-electron chi connectivity index (χ3n) is 3.12. The van der Waals surface area contributed by atoms with Crippen LogP contribution in [0.5, 0.6) is 0 Å². The van der Waals surface area contributed by atoms with Crippen molar-refractivity contribution in [2.45, 2.75) is 37.5 Å². The molecule has 13 heteroatoms. The maximum Gasteiger partial charge on any atom is 0.326 e. The van der Waals surface area contributed by atoms with Crippen molar-refractivity contribution >= 4 is 54.9 Å². The predicted octanol–water partition coefficient (Wildman–Crippen LogP) is -3.39. The quantitative estimate of drug-likeness (QED) is 0.163. The summed E-state index contributed by atoms with van der Waals surface area (Å²) in [5.74, 6) is -4.62. The zero-order valence-electron chi connectivity index (χ0n) is 14.0. The molecule has 0 aliphatic heterocycles. The number of amides is 4. The summed E-state index contributed by atoms with van der Waals surface area (Å²) in [6.45, 7) is 1.37. The van der Waals surface area contributed by atoms with Crippen LogP contribution in [0.1, 0.15) is 13.3 Å². The Labute approximate surface area is 160 Å². The molecule has 0 saturated heterocycles. The van der Waals surface area contributed by atoms with Gasteiger partial charge in [-0.25, -0.2) is 4.79 Å². The van der Waals surface area contributed by atoms with Crippen molar-refractivity contribution in [3.05, 3.63) is 0 Å². The first kappa shape index (κ1) is 24.0. The Bertz CT molecular complexity index is 561. The summed E-state index contributed by atoms with van der Waals surface area (Å²) in [7, 11) is 0. The molecule has 0 aromatic carbocycles. The first-order valence-electron chi connectivity index (χ1n) is 7.43. The van der Waals surface area contributed by atoms with Crippen LogP contribution in [0, 0.1) is 0 Å². The van der Waals surface area contributed by atoms with E-state index in [0.29, 0.717) is 0 Å². The third-order valence-corrected chi connectivity index (χ3v) is 3.88. The number of primary amides is 1. The van der Waals surface area contributed by atoms with Crippen molar-refractivity contribution in [1.29, 1.82) is 0 Å². The van der Waals surface area contributed by atoms with Crippen molar-refractivity contribution < 1.29 is 29.1 Å². The van der Waals surface area contributed by atoms with Gasteiger partial charge in [-0.2, -0.15) is 25.3 Å². The summed E-state index contributed by atoms with van der Waals surface area (Å²) in [5, 5.41) is 15.7. The predicted molar refractivity (Wildman–Crippen MR) is 98.6 cm³/mol. The number of aliphatic carboxylic acids is 1. The molecule has 26 heavy (non-hydrogen) atoms. The number of carbonyl (C=O) groups excluding carboxylic acids is 4. The fourth-order valence-electron chi connectivity index (χ4n) is 1.63. The normalized spacial score (nSPS) is 15.1. The van der Waals surface area contributed by atoms with E-state index in [1.54, 1.807) is 0 Å². The summed E-state index contributed by atoms with van der Waals surface area (Å²) in [5.41, 5.74) is 10.4. The molecule has 0 aromatic heterocycles. The van der Waals surface area contributed by atoms with E-state index in [4.69, 9.17) is 16.6 Å². The number of thiol groups is 2. The van der Waals surface area contributed by atoms with E-state index < -0.39 is 60.2 Å². The van der Waals surface area contributed by atoms with Crippen molar-refractivity contribution in [2.24, 2.45) is 11.5 Å². The van der Waals surface area contributed by atoms with Gasteiger partial charge in [0, 0.05) is 11.5 Å². The highest BCUT2D eigenvalue weighted by atomic mass is 32.1. The summed E-state index contributed by atoms with van der Waals surface area (Å²) in [4.78, 5) is 57.7. The van der Waals surface area contributed by atoms with Crippen LogP contribution in [0.3, 0.4) is 0 Å². The average Bonchev–Trinajstić information content (AvgIpc) is 2.56. The molecule has 148 valence electrons. The molecule has 8 N–H and O–H groups in total. The monoisotopic (exact) mass is 409 g/mol. The van der Waals surface area contributed by atoms with E-state index in [9.17, 15) is 24.0 Å². The Morgan fingerprint density at radius 3 is 1.88 bits per heavy atom. The Morgan fingerprint density at radius 2 is 1.46 bits per heavy atom. The minimum Gasteiger partial charge on any atom is -0.480 e. The smallest absolute Gasteiger partial charge is 0.326 e. The molecular formula is C13H23N5O6S2. The van der Waals surface area contributed by atoms with Crippen molar-refractivity contribution in [1.82, 2.24) is 16.0 Å². The molecule has 0 aliphatic rings. The van der Waals surface area contributed by atoms with Gasteiger partial charge in [0.1, 0.15) is 18.1 Å².